The molecule has 18 heavy (non-hydrogen) atoms. The van der Waals surface area contributed by atoms with Crippen molar-refractivity contribution in [1.29, 1.82) is 0 Å². The summed E-state index contributed by atoms with van der Waals surface area (Å²) in [4.78, 5) is 16.1. The minimum absolute atomic E-state index is 0.226. The van der Waals surface area contributed by atoms with Crippen LogP contribution in [0.3, 0.4) is 0 Å². The van der Waals surface area contributed by atoms with Crippen LogP contribution < -0.4 is 10.6 Å². The molecular weight excluding hydrogens is 300 g/mol. The van der Waals surface area contributed by atoms with Gasteiger partial charge in [-0.25, -0.2) is 4.98 Å². The number of pyridine rings is 1. The Labute approximate surface area is 112 Å². The average molecular weight is 311 g/mol. The lowest BCUT2D eigenvalue weighted by atomic mass is 10.2. The van der Waals surface area contributed by atoms with Gasteiger partial charge in [-0.1, -0.05) is 5.16 Å². The molecule has 2 N–H and O–H groups in total. The highest BCUT2D eigenvalue weighted by atomic mass is 79.9. The molecule has 0 unspecified atom stereocenters. The van der Waals surface area contributed by atoms with Crippen LogP contribution in [0.2, 0.25) is 0 Å². The third-order valence-corrected chi connectivity index (χ3v) is 2.69. The van der Waals surface area contributed by atoms with Crippen LogP contribution >= 0.6 is 15.9 Å². The number of rotatable bonds is 4. The van der Waals surface area contributed by atoms with Crippen molar-refractivity contribution in [3.63, 3.8) is 0 Å². The zero-order chi connectivity index (χ0) is 13.0. The largest absolute Gasteiger partial charge is 0.372 e. The summed E-state index contributed by atoms with van der Waals surface area (Å²) in [7, 11) is 1.71. The summed E-state index contributed by atoms with van der Waals surface area (Å²) in [5.41, 5.74) is 1.13. The second kappa shape index (κ2) is 5.63. The Morgan fingerprint density at radius 3 is 3.06 bits per heavy atom. The zero-order valence-corrected chi connectivity index (χ0v) is 11.2. The molecule has 94 valence electrons. The van der Waals surface area contributed by atoms with Crippen LogP contribution in [0.25, 0.3) is 0 Å². The number of hydrogen-bond acceptors (Lipinski definition) is 5. The second-order valence-electron chi connectivity index (χ2n) is 3.47. The van der Waals surface area contributed by atoms with E-state index in [1.807, 2.05) is 0 Å². The van der Waals surface area contributed by atoms with Crippen LogP contribution in [0.15, 0.2) is 33.6 Å². The molecule has 0 saturated carbocycles. The van der Waals surface area contributed by atoms with Crippen LogP contribution in [-0.4, -0.2) is 23.1 Å². The van der Waals surface area contributed by atoms with E-state index in [1.54, 1.807) is 25.4 Å². The lowest BCUT2D eigenvalue weighted by Crippen LogP contribution is -2.24. The van der Waals surface area contributed by atoms with E-state index >= 15 is 0 Å². The van der Waals surface area contributed by atoms with Gasteiger partial charge in [0.2, 0.25) is 0 Å². The summed E-state index contributed by atoms with van der Waals surface area (Å²) in [6.45, 7) is 0.311. The van der Waals surface area contributed by atoms with Gasteiger partial charge in [-0.3, -0.25) is 4.79 Å². The van der Waals surface area contributed by atoms with Crippen LogP contribution in [-0.2, 0) is 6.54 Å². The fraction of sp³-hybridized carbons (Fsp3) is 0.182. The van der Waals surface area contributed by atoms with Crippen LogP contribution in [0.5, 0.6) is 0 Å². The maximum atomic E-state index is 12.0. The lowest BCUT2D eigenvalue weighted by Gasteiger charge is -2.08. The fourth-order valence-electron chi connectivity index (χ4n) is 1.41. The quantitative estimate of drug-likeness (QED) is 0.900. The summed E-state index contributed by atoms with van der Waals surface area (Å²) in [5, 5.41) is 9.32. The van der Waals surface area contributed by atoms with Gasteiger partial charge in [-0.05, 0) is 22.0 Å². The van der Waals surface area contributed by atoms with E-state index in [-0.39, 0.29) is 5.91 Å². The number of carbonyl (C=O) groups excluding carboxylic acids is 1. The highest BCUT2D eigenvalue weighted by Gasteiger charge is 2.12. The minimum atomic E-state index is -0.226. The van der Waals surface area contributed by atoms with Crippen molar-refractivity contribution < 1.29 is 9.32 Å². The summed E-state index contributed by atoms with van der Waals surface area (Å²) in [6.07, 6.45) is 3.08. The lowest BCUT2D eigenvalue weighted by molar-refractivity contribution is 0.0950. The first-order valence-corrected chi connectivity index (χ1v) is 6.00. The molecule has 7 heteroatoms. The van der Waals surface area contributed by atoms with E-state index < -0.39 is 0 Å². The summed E-state index contributed by atoms with van der Waals surface area (Å²) in [5.74, 6) is 0.298. The topological polar surface area (TPSA) is 80.0 Å². The molecular formula is C11H11BrN4O2. The molecule has 2 rings (SSSR count). The summed E-state index contributed by atoms with van der Waals surface area (Å²) >= 11 is 3.29. The van der Waals surface area contributed by atoms with Gasteiger partial charge in [0.1, 0.15) is 17.8 Å². The molecule has 0 aliphatic heterocycles. The van der Waals surface area contributed by atoms with Crippen LogP contribution in [0, 0.1) is 0 Å². The third kappa shape index (κ3) is 2.86. The molecule has 0 bridgehead atoms. The molecule has 0 atom stereocenters. The highest BCUT2D eigenvalue weighted by molar-refractivity contribution is 9.10. The molecule has 0 aliphatic carbocycles. The first-order chi connectivity index (χ1) is 8.70. The minimum Gasteiger partial charge on any atom is -0.372 e. The molecule has 0 saturated heterocycles. The van der Waals surface area contributed by atoms with E-state index in [2.05, 4.69) is 41.2 Å². The van der Waals surface area contributed by atoms with Gasteiger partial charge in [0, 0.05) is 23.8 Å². The van der Waals surface area contributed by atoms with Crippen molar-refractivity contribution >= 4 is 27.7 Å². The Balaban J connectivity index is 2.10. The molecule has 1 amide bonds. The smallest absolute Gasteiger partial charge is 0.255 e. The predicted molar refractivity (Wildman–Crippen MR) is 69.2 cm³/mol. The van der Waals surface area contributed by atoms with Crippen molar-refractivity contribution in [3.05, 3.63) is 40.3 Å². The molecule has 2 aromatic heterocycles. The van der Waals surface area contributed by atoms with Gasteiger partial charge < -0.3 is 15.2 Å². The first kappa shape index (κ1) is 12.6. The summed E-state index contributed by atoms with van der Waals surface area (Å²) in [6, 6.07) is 3.40. The Morgan fingerprint density at radius 1 is 1.56 bits per heavy atom. The monoisotopic (exact) mass is 310 g/mol. The van der Waals surface area contributed by atoms with Crippen LogP contribution in [0.1, 0.15) is 16.1 Å². The normalized spacial score (nSPS) is 10.1. The molecule has 0 aromatic carbocycles. The Kier molecular flexibility index (Phi) is 3.93. The summed E-state index contributed by atoms with van der Waals surface area (Å²) < 4.78 is 5.43. The highest BCUT2D eigenvalue weighted by Crippen LogP contribution is 2.17. The number of nitrogens with one attached hydrogen (secondary N) is 2. The Morgan fingerprint density at radius 2 is 2.39 bits per heavy atom. The molecule has 2 heterocycles. The van der Waals surface area contributed by atoms with E-state index in [4.69, 9.17) is 0 Å². The molecule has 0 radical (unpaired) electrons. The fourth-order valence-corrected chi connectivity index (χ4v) is 1.74. The van der Waals surface area contributed by atoms with Crippen LogP contribution in [0.4, 0.5) is 5.82 Å². The van der Waals surface area contributed by atoms with E-state index in [1.165, 1.54) is 6.26 Å². The van der Waals surface area contributed by atoms with Crippen molar-refractivity contribution in [2.75, 3.05) is 12.4 Å². The van der Waals surface area contributed by atoms with E-state index in [9.17, 15) is 4.79 Å². The number of hydrogen-bond donors (Lipinski definition) is 2. The molecule has 0 spiro atoms. The molecule has 0 fully saturated rings. The molecule has 6 nitrogen and oxygen atoms in total. The maximum Gasteiger partial charge on any atom is 0.255 e. The average Bonchev–Trinajstić information content (AvgIpc) is 2.89. The van der Waals surface area contributed by atoms with Crippen molar-refractivity contribution in [1.82, 2.24) is 15.5 Å². The SMILES string of the molecule is CNc1ncc(Br)cc1C(=O)NCc1ccon1. The predicted octanol–water partition coefficient (Wildman–Crippen LogP) is 1.80. The van der Waals surface area contributed by atoms with Crippen molar-refractivity contribution in [2.45, 2.75) is 6.54 Å². The van der Waals surface area contributed by atoms with Gasteiger partial charge in [0.05, 0.1) is 12.1 Å². The third-order valence-electron chi connectivity index (χ3n) is 2.26. The van der Waals surface area contributed by atoms with Crippen molar-refractivity contribution in [3.8, 4) is 0 Å². The number of aromatic nitrogens is 2. The number of nitrogens with zero attached hydrogens (tertiary/aromatic N) is 2. The number of carbonyl (C=O) groups is 1. The maximum absolute atomic E-state index is 12.0. The number of anilines is 1. The van der Waals surface area contributed by atoms with Gasteiger partial charge in [0.15, 0.2) is 0 Å². The van der Waals surface area contributed by atoms with Crippen molar-refractivity contribution in [2.24, 2.45) is 0 Å². The van der Waals surface area contributed by atoms with Gasteiger partial charge in [0.25, 0.3) is 5.91 Å². The van der Waals surface area contributed by atoms with E-state index in [0.717, 1.165) is 4.47 Å². The first-order valence-electron chi connectivity index (χ1n) is 5.21. The standard InChI is InChI=1S/C11H11BrN4O2/c1-13-10-9(4-7(12)5-14-10)11(17)15-6-8-2-3-18-16-8/h2-5H,6H2,1H3,(H,13,14)(H,15,17). The number of amides is 1. The van der Waals surface area contributed by atoms with Gasteiger partial charge in [-0.2, -0.15) is 0 Å². The Bertz CT molecular complexity index is 542. The number of halogens is 1. The second-order valence-corrected chi connectivity index (χ2v) is 4.39. The van der Waals surface area contributed by atoms with Gasteiger partial charge >= 0.3 is 0 Å². The molecule has 0 aliphatic rings. The van der Waals surface area contributed by atoms with E-state index in [0.29, 0.717) is 23.6 Å². The Hall–Kier alpha value is -1.89. The molecule has 2 aromatic rings. The van der Waals surface area contributed by atoms with Gasteiger partial charge in [-0.15, -0.1) is 0 Å². The zero-order valence-electron chi connectivity index (χ0n) is 9.61.